The van der Waals surface area contributed by atoms with Gasteiger partial charge in [-0.15, -0.1) is 0 Å². The van der Waals surface area contributed by atoms with E-state index in [4.69, 9.17) is 15.2 Å². The summed E-state index contributed by atoms with van der Waals surface area (Å²) in [5, 5.41) is 0. The highest BCUT2D eigenvalue weighted by molar-refractivity contribution is 5.64. The minimum absolute atomic E-state index is 0.159. The average molecular weight is 278 g/mol. The van der Waals surface area contributed by atoms with Gasteiger partial charge in [0.25, 0.3) is 0 Å². The van der Waals surface area contributed by atoms with E-state index in [2.05, 4.69) is 24.0 Å². The largest absolute Gasteiger partial charge is 0.496 e. The van der Waals surface area contributed by atoms with Gasteiger partial charge in [-0.05, 0) is 37.3 Å². The molecule has 1 fully saturated rings. The zero-order valence-electron chi connectivity index (χ0n) is 12.8. The normalized spacial score (nSPS) is 16.3. The van der Waals surface area contributed by atoms with E-state index in [1.54, 1.807) is 14.2 Å². The topological polar surface area (TPSA) is 47.7 Å². The van der Waals surface area contributed by atoms with Crippen LogP contribution in [0.1, 0.15) is 31.7 Å². The molecular weight excluding hydrogens is 252 g/mol. The Balaban J connectivity index is 2.34. The second-order valence-electron chi connectivity index (χ2n) is 5.40. The van der Waals surface area contributed by atoms with Crippen molar-refractivity contribution in [1.29, 1.82) is 0 Å². The van der Waals surface area contributed by atoms with Crippen molar-refractivity contribution in [2.24, 2.45) is 5.73 Å². The molecule has 0 radical (unpaired) electrons. The monoisotopic (exact) mass is 278 g/mol. The maximum absolute atomic E-state index is 6.07. The van der Waals surface area contributed by atoms with Crippen LogP contribution in [-0.2, 0) is 6.42 Å². The number of methoxy groups -OCH3 is 2. The third-order valence-electron chi connectivity index (χ3n) is 4.04. The molecule has 1 aromatic carbocycles. The third-order valence-corrected chi connectivity index (χ3v) is 4.04. The van der Waals surface area contributed by atoms with E-state index >= 15 is 0 Å². The van der Waals surface area contributed by atoms with Gasteiger partial charge >= 0.3 is 0 Å². The molecule has 20 heavy (non-hydrogen) atoms. The molecule has 0 amide bonds. The first kappa shape index (κ1) is 15.0. The minimum Gasteiger partial charge on any atom is -0.496 e. The highest BCUT2D eigenvalue weighted by atomic mass is 16.5. The van der Waals surface area contributed by atoms with Crippen LogP contribution in [0.25, 0.3) is 0 Å². The van der Waals surface area contributed by atoms with Gasteiger partial charge in [0, 0.05) is 25.2 Å². The van der Waals surface area contributed by atoms with Crippen molar-refractivity contribution in [2.75, 3.05) is 32.2 Å². The second-order valence-corrected chi connectivity index (χ2v) is 5.40. The van der Waals surface area contributed by atoms with Crippen LogP contribution in [0.15, 0.2) is 12.1 Å². The molecule has 2 rings (SSSR count). The lowest BCUT2D eigenvalue weighted by Crippen LogP contribution is -2.22. The molecule has 4 heteroatoms. The summed E-state index contributed by atoms with van der Waals surface area (Å²) in [6.07, 6.45) is 4.26. The highest BCUT2D eigenvalue weighted by Crippen LogP contribution is 2.37. The summed E-state index contributed by atoms with van der Waals surface area (Å²) < 4.78 is 11.1. The molecule has 0 saturated carbocycles. The Morgan fingerprint density at radius 1 is 1.15 bits per heavy atom. The van der Waals surface area contributed by atoms with E-state index in [1.807, 2.05) is 0 Å². The van der Waals surface area contributed by atoms with Gasteiger partial charge in [-0.3, -0.25) is 0 Å². The lowest BCUT2D eigenvalue weighted by atomic mass is 10.0. The van der Waals surface area contributed by atoms with Crippen molar-refractivity contribution < 1.29 is 9.47 Å². The number of benzene rings is 1. The van der Waals surface area contributed by atoms with Gasteiger partial charge in [-0.2, -0.15) is 0 Å². The fraction of sp³-hybridized carbons (Fsp3) is 0.625. The van der Waals surface area contributed by atoms with Crippen molar-refractivity contribution in [1.82, 2.24) is 0 Å². The Hall–Kier alpha value is -1.42. The molecule has 2 N–H and O–H groups in total. The molecule has 1 aromatic rings. The SMILES string of the molecule is CCC(N)Cc1cc(OC)c(N2CCCC2)cc1OC. The summed E-state index contributed by atoms with van der Waals surface area (Å²) in [4.78, 5) is 2.37. The van der Waals surface area contributed by atoms with Crippen LogP contribution in [0.4, 0.5) is 5.69 Å². The molecule has 1 unspecified atom stereocenters. The number of hydrogen-bond acceptors (Lipinski definition) is 4. The van der Waals surface area contributed by atoms with E-state index in [0.717, 1.165) is 48.7 Å². The molecule has 0 spiro atoms. The van der Waals surface area contributed by atoms with E-state index < -0.39 is 0 Å². The maximum Gasteiger partial charge on any atom is 0.142 e. The van der Waals surface area contributed by atoms with Crippen LogP contribution in [-0.4, -0.2) is 33.4 Å². The number of nitrogens with zero attached hydrogens (tertiary/aromatic N) is 1. The van der Waals surface area contributed by atoms with Crippen molar-refractivity contribution in [3.63, 3.8) is 0 Å². The fourth-order valence-corrected chi connectivity index (χ4v) is 2.74. The number of hydrogen-bond donors (Lipinski definition) is 1. The first-order valence-electron chi connectivity index (χ1n) is 7.45. The zero-order chi connectivity index (χ0) is 14.5. The Morgan fingerprint density at radius 2 is 1.80 bits per heavy atom. The summed E-state index contributed by atoms with van der Waals surface area (Å²) >= 11 is 0. The summed E-state index contributed by atoms with van der Waals surface area (Å²) in [6, 6.07) is 4.34. The van der Waals surface area contributed by atoms with Crippen LogP contribution in [0.3, 0.4) is 0 Å². The van der Waals surface area contributed by atoms with Gasteiger partial charge in [0.05, 0.1) is 19.9 Å². The quantitative estimate of drug-likeness (QED) is 0.869. The number of ether oxygens (including phenoxy) is 2. The molecule has 1 saturated heterocycles. The van der Waals surface area contributed by atoms with Crippen molar-refractivity contribution in [2.45, 2.75) is 38.6 Å². The fourth-order valence-electron chi connectivity index (χ4n) is 2.74. The van der Waals surface area contributed by atoms with Crippen LogP contribution in [0.5, 0.6) is 11.5 Å². The molecule has 1 heterocycles. The molecule has 4 nitrogen and oxygen atoms in total. The lowest BCUT2D eigenvalue weighted by Gasteiger charge is -2.23. The number of anilines is 1. The Morgan fingerprint density at radius 3 is 2.35 bits per heavy atom. The van der Waals surface area contributed by atoms with Crippen LogP contribution >= 0.6 is 0 Å². The van der Waals surface area contributed by atoms with Gasteiger partial charge in [-0.1, -0.05) is 6.92 Å². The summed E-state index contributed by atoms with van der Waals surface area (Å²) in [7, 11) is 3.45. The first-order valence-corrected chi connectivity index (χ1v) is 7.45. The molecule has 112 valence electrons. The minimum atomic E-state index is 0.159. The van der Waals surface area contributed by atoms with Crippen molar-refractivity contribution >= 4 is 5.69 Å². The average Bonchev–Trinajstić information content (AvgIpc) is 3.00. The standard InChI is InChI=1S/C16H26N2O2/c1-4-13(17)9-12-10-16(20-3)14(11-15(12)19-2)18-7-5-6-8-18/h10-11,13H,4-9,17H2,1-3H3. The lowest BCUT2D eigenvalue weighted by molar-refractivity contribution is 0.397. The molecule has 0 aromatic heterocycles. The second kappa shape index (κ2) is 6.84. The Labute approximate surface area is 121 Å². The van der Waals surface area contributed by atoms with E-state index in [0.29, 0.717) is 0 Å². The Bertz CT molecular complexity index is 442. The van der Waals surface area contributed by atoms with Gasteiger partial charge in [-0.25, -0.2) is 0 Å². The predicted molar refractivity (Wildman–Crippen MR) is 83.0 cm³/mol. The molecule has 0 aliphatic carbocycles. The van der Waals surface area contributed by atoms with E-state index in [1.165, 1.54) is 12.8 Å². The third kappa shape index (κ3) is 3.18. The van der Waals surface area contributed by atoms with Crippen LogP contribution < -0.4 is 20.1 Å². The smallest absolute Gasteiger partial charge is 0.142 e. The molecule has 1 atom stereocenters. The van der Waals surface area contributed by atoms with Gasteiger partial charge in [0.1, 0.15) is 11.5 Å². The number of nitrogens with two attached hydrogens (primary N) is 1. The van der Waals surface area contributed by atoms with Gasteiger partial charge < -0.3 is 20.1 Å². The van der Waals surface area contributed by atoms with Gasteiger partial charge in [0.15, 0.2) is 0 Å². The summed E-state index contributed by atoms with van der Waals surface area (Å²) in [6.45, 7) is 4.29. The molecular formula is C16H26N2O2. The zero-order valence-corrected chi connectivity index (χ0v) is 12.8. The molecule has 1 aliphatic heterocycles. The Kier molecular flexibility index (Phi) is 5.12. The van der Waals surface area contributed by atoms with Gasteiger partial charge in [0.2, 0.25) is 0 Å². The predicted octanol–water partition coefficient (Wildman–Crippen LogP) is 2.58. The maximum atomic E-state index is 6.07. The van der Waals surface area contributed by atoms with E-state index in [9.17, 15) is 0 Å². The van der Waals surface area contributed by atoms with Crippen LogP contribution in [0.2, 0.25) is 0 Å². The van der Waals surface area contributed by atoms with Crippen molar-refractivity contribution in [3.8, 4) is 11.5 Å². The number of rotatable bonds is 6. The van der Waals surface area contributed by atoms with Crippen LogP contribution in [0, 0.1) is 0 Å². The summed E-state index contributed by atoms with van der Waals surface area (Å²) in [5.74, 6) is 1.84. The molecule has 0 bridgehead atoms. The van der Waals surface area contributed by atoms with E-state index in [-0.39, 0.29) is 6.04 Å². The first-order chi connectivity index (χ1) is 9.69. The van der Waals surface area contributed by atoms with Crippen molar-refractivity contribution in [3.05, 3.63) is 17.7 Å². The summed E-state index contributed by atoms with van der Waals surface area (Å²) in [5.41, 5.74) is 8.33. The highest BCUT2D eigenvalue weighted by Gasteiger charge is 2.20. The molecule has 1 aliphatic rings.